The van der Waals surface area contributed by atoms with E-state index < -0.39 is 6.61 Å². The molecule has 1 saturated heterocycles. The van der Waals surface area contributed by atoms with Gasteiger partial charge in [0.05, 0.1) is 19.8 Å². The van der Waals surface area contributed by atoms with Crippen molar-refractivity contribution in [2.45, 2.75) is 19.6 Å². The first-order valence-electron chi connectivity index (χ1n) is 7.20. The third-order valence-electron chi connectivity index (χ3n) is 3.53. The lowest BCUT2D eigenvalue weighted by Crippen LogP contribution is -2.45. The maximum absolute atomic E-state index is 12.1. The highest BCUT2D eigenvalue weighted by molar-refractivity contribution is 5.78. The van der Waals surface area contributed by atoms with Gasteiger partial charge in [-0.05, 0) is 24.6 Å². The number of halogens is 2. The molecule has 1 aliphatic rings. The molecule has 7 heteroatoms. The summed E-state index contributed by atoms with van der Waals surface area (Å²) in [5, 5.41) is 3.14. The van der Waals surface area contributed by atoms with E-state index in [1.165, 1.54) is 12.1 Å². The van der Waals surface area contributed by atoms with E-state index in [0.29, 0.717) is 26.3 Å². The summed E-state index contributed by atoms with van der Waals surface area (Å²) in [6.45, 7) is 1.71. The lowest BCUT2D eigenvalue weighted by Gasteiger charge is -2.27. The van der Waals surface area contributed by atoms with E-state index in [0.717, 1.165) is 5.56 Å². The van der Waals surface area contributed by atoms with Gasteiger partial charge in [0.2, 0.25) is 5.91 Å². The van der Waals surface area contributed by atoms with Crippen LogP contribution in [0.3, 0.4) is 0 Å². The van der Waals surface area contributed by atoms with E-state index in [1.54, 1.807) is 17.0 Å². The van der Waals surface area contributed by atoms with Crippen LogP contribution in [-0.4, -0.2) is 50.3 Å². The average Bonchev–Trinajstić information content (AvgIpc) is 2.53. The maximum Gasteiger partial charge on any atom is 0.387 e. The fourth-order valence-electron chi connectivity index (χ4n) is 2.22. The van der Waals surface area contributed by atoms with Gasteiger partial charge in [-0.25, -0.2) is 0 Å². The molecule has 1 atom stereocenters. The monoisotopic (exact) mass is 314 g/mol. The molecule has 1 aliphatic heterocycles. The Balaban J connectivity index is 1.81. The van der Waals surface area contributed by atoms with E-state index in [9.17, 15) is 13.6 Å². The van der Waals surface area contributed by atoms with E-state index in [4.69, 9.17) is 4.74 Å². The molecule has 122 valence electrons. The van der Waals surface area contributed by atoms with Crippen molar-refractivity contribution in [1.29, 1.82) is 0 Å². The van der Waals surface area contributed by atoms with Gasteiger partial charge in [-0.2, -0.15) is 8.78 Å². The highest BCUT2D eigenvalue weighted by atomic mass is 19.3. The zero-order valence-electron chi connectivity index (χ0n) is 12.4. The minimum absolute atomic E-state index is 0.0350. The van der Waals surface area contributed by atoms with Crippen LogP contribution in [-0.2, 0) is 9.53 Å². The van der Waals surface area contributed by atoms with E-state index >= 15 is 0 Å². The number of carbonyl (C=O) groups is 1. The third kappa shape index (κ3) is 4.92. The van der Waals surface area contributed by atoms with Crippen LogP contribution in [0.5, 0.6) is 5.75 Å². The summed E-state index contributed by atoms with van der Waals surface area (Å²) in [7, 11) is 0. The van der Waals surface area contributed by atoms with Crippen LogP contribution in [0.2, 0.25) is 0 Å². The molecule has 0 spiro atoms. The first-order chi connectivity index (χ1) is 10.6. The topological polar surface area (TPSA) is 50.8 Å². The Hall–Kier alpha value is -1.73. The molecular formula is C15H20F2N2O3. The van der Waals surface area contributed by atoms with Gasteiger partial charge >= 0.3 is 6.61 Å². The second kappa shape index (κ2) is 8.05. The first kappa shape index (κ1) is 16.6. The fraction of sp³-hybridized carbons (Fsp3) is 0.533. The number of carbonyl (C=O) groups excluding carboxylic acids is 1. The van der Waals surface area contributed by atoms with E-state index in [1.807, 2.05) is 6.92 Å². The van der Waals surface area contributed by atoms with Crippen molar-refractivity contribution in [3.05, 3.63) is 29.8 Å². The molecule has 1 N–H and O–H groups in total. The van der Waals surface area contributed by atoms with Crippen LogP contribution in [0.4, 0.5) is 8.78 Å². The van der Waals surface area contributed by atoms with E-state index in [2.05, 4.69) is 10.1 Å². The lowest BCUT2D eigenvalue weighted by atomic mass is 10.1. The van der Waals surface area contributed by atoms with Crippen molar-refractivity contribution in [3.63, 3.8) is 0 Å². The molecule has 5 nitrogen and oxygen atoms in total. The minimum atomic E-state index is -2.83. The number of hydrogen-bond acceptors (Lipinski definition) is 4. The summed E-state index contributed by atoms with van der Waals surface area (Å²) in [5.41, 5.74) is 0.899. The van der Waals surface area contributed by atoms with Gasteiger partial charge in [-0.15, -0.1) is 0 Å². The Bertz CT molecular complexity index is 476. The van der Waals surface area contributed by atoms with Crippen molar-refractivity contribution in [3.8, 4) is 5.75 Å². The predicted octanol–water partition coefficient (Wildman–Crippen LogP) is 1.80. The Labute approximate surface area is 128 Å². The number of benzene rings is 1. The molecule has 0 bridgehead atoms. The molecule has 2 rings (SSSR count). The number of hydrogen-bond donors (Lipinski definition) is 1. The minimum Gasteiger partial charge on any atom is -0.435 e. The highest BCUT2D eigenvalue weighted by Crippen LogP contribution is 2.19. The molecule has 0 radical (unpaired) electrons. The number of rotatable bonds is 6. The first-order valence-corrected chi connectivity index (χ1v) is 7.20. The fourth-order valence-corrected chi connectivity index (χ4v) is 2.22. The summed E-state index contributed by atoms with van der Waals surface area (Å²) < 4.78 is 33.7. The largest absolute Gasteiger partial charge is 0.435 e. The summed E-state index contributed by atoms with van der Waals surface area (Å²) in [4.78, 5) is 13.8. The smallest absolute Gasteiger partial charge is 0.387 e. The third-order valence-corrected chi connectivity index (χ3v) is 3.53. The van der Waals surface area contributed by atoms with E-state index in [-0.39, 0.29) is 24.2 Å². The lowest BCUT2D eigenvalue weighted by molar-refractivity contribution is -0.134. The van der Waals surface area contributed by atoms with Crippen LogP contribution < -0.4 is 10.1 Å². The number of alkyl halides is 2. The zero-order valence-corrected chi connectivity index (χ0v) is 12.4. The zero-order chi connectivity index (χ0) is 15.9. The number of amides is 1. The molecule has 0 unspecified atom stereocenters. The van der Waals surface area contributed by atoms with Gasteiger partial charge < -0.3 is 19.7 Å². The average molecular weight is 314 g/mol. The van der Waals surface area contributed by atoms with Crippen molar-refractivity contribution in [2.24, 2.45) is 0 Å². The van der Waals surface area contributed by atoms with Gasteiger partial charge in [0.15, 0.2) is 0 Å². The van der Waals surface area contributed by atoms with Crippen molar-refractivity contribution in [2.75, 3.05) is 32.8 Å². The number of morpholine rings is 1. The number of nitrogens with one attached hydrogen (secondary N) is 1. The van der Waals surface area contributed by atoms with Gasteiger partial charge in [0.1, 0.15) is 5.75 Å². The number of nitrogens with zero attached hydrogens (tertiary/aromatic N) is 1. The standard InChI is InChI=1S/C15H20F2N2O3/c1-11(12-2-4-13(5-3-12)22-15(16)17)18-10-14(20)19-6-8-21-9-7-19/h2-5,11,15,18H,6-10H2,1H3/t11-/m0/s1. The molecular weight excluding hydrogens is 294 g/mol. The van der Waals surface area contributed by atoms with Gasteiger partial charge in [0, 0.05) is 19.1 Å². The normalized spacial score (nSPS) is 16.6. The van der Waals surface area contributed by atoms with Crippen LogP contribution in [0, 0.1) is 0 Å². The summed E-state index contributed by atoms with van der Waals surface area (Å²) in [5.74, 6) is 0.156. The van der Waals surface area contributed by atoms with Gasteiger partial charge in [-0.3, -0.25) is 4.79 Å². The predicted molar refractivity (Wildman–Crippen MR) is 76.9 cm³/mol. The molecule has 22 heavy (non-hydrogen) atoms. The van der Waals surface area contributed by atoms with Crippen LogP contribution >= 0.6 is 0 Å². The van der Waals surface area contributed by atoms with Crippen molar-refractivity contribution >= 4 is 5.91 Å². The quantitative estimate of drug-likeness (QED) is 0.870. The molecule has 1 heterocycles. The second-order valence-electron chi connectivity index (χ2n) is 5.04. The molecule has 0 aromatic heterocycles. The van der Waals surface area contributed by atoms with Crippen LogP contribution in [0.1, 0.15) is 18.5 Å². The molecule has 0 saturated carbocycles. The van der Waals surface area contributed by atoms with Gasteiger partial charge in [0.25, 0.3) is 0 Å². The molecule has 1 aromatic carbocycles. The maximum atomic E-state index is 12.1. The molecule has 0 aliphatic carbocycles. The Morgan fingerprint density at radius 1 is 1.32 bits per heavy atom. The summed E-state index contributed by atoms with van der Waals surface area (Å²) in [6, 6.07) is 6.32. The second-order valence-corrected chi connectivity index (χ2v) is 5.04. The summed E-state index contributed by atoms with van der Waals surface area (Å²) >= 11 is 0. The van der Waals surface area contributed by atoms with Crippen LogP contribution in [0.15, 0.2) is 24.3 Å². The van der Waals surface area contributed by atoms with Crippen molar-refractivity contribution in [1.82, 2.24) is 10.2 Å². The Morgan fingerprint density at radius 3 is 2.55 bits per heavy atom. The Morgan fingerprint density at radius 2 is 1.95 bits per heavy atom. The van der Waals surface area contributed by atoms with Gasteiger partial charge in [-0.1, -0.05) is 12.1 Å². The molecule has 1 amide bonds. The SMILES string of the molecule is C[C@H](NCC(=O)N1CCOCC1)c1ccc(OC(F)F)cc1. The number of ether oxygens (including phenoxy) is 2. The molecule has 1 aromatic rings. The Kier molecular flexibility index (Phi) is 6.09. The highest BCUT2D eigenvalue weighted by Gasteiger charge is 2.17. The molecule has 1 fully saturated rings. The van der Waals surface area contributed by atoms with Crippen molar-refractivity contribution < 1.29 is 23.0 Å². The van der Waals surface area contributed by atoms with Crippen LogP contribution in [0.25, 0.3) is 0 Å². The summed E-state index contributed by atoms with van der Waals surface area (Å²) in [6.07, 6.45) is 0.